The monoisotopic (exact) mass is 214 g/mol. The van der Waals surface area contributed by atoms with Gasteiger partial charge in [-0.1, -0.05) is 0 Å². The maximum atomic E-state index is 11.9. The van der Waals surface area contributed by atoms with Gasteiger partial charge in [-0.05, 0) is 27.2 Å². The lowest BCUT2D eigenvalue weighted by atomic mass is 10.2. The molecule has 1 aliphatic heterocycles. The molecular formula is C10H18N2O3. The molecule has 1 aliphatic rings. The summed E-state index contributed by atoms with van der Waals surface area (Å²) >= 11 is 0. The van der Waals surface area contributed by atoms with Crippen molar-refractivity contribution in [1.82, 2.24) is 9.80 Å². The summed E-state index contributed by atoms with van der Waals surface area (Å²) in [6.07, 6.45) is 0.835. The highest BCUT2D eigenvalue weighted by Gasteiger charge is 2.33. The van der Waals surface area contributed by atoms with Crippen molar-refractivity contribution in [2.45, 2.75) is 39.3 Å². The average Bonchev–Trinajstić information content (AvgIpc) is 2.16. The maximum absolute atomic E-state index is 11.9. The van der Waals surface area contributed by atoms with Crippen LogP contribution in [0.15, 0.2) is 0 Å². The third kappa shape index (κ3) is 2.40. The van der Waals surface area contributed by atoms with Gasteiger partial charge >= 0.3 is 12.0 Å². The van der Waals surface area contributed by atoms with E-state index < -0.39 is 12.0 Å². The third-order valence-electron chi connectivity index (χ3n) is 2.74. The Morgan fingerprint density at radius 3 is 2.27 bits per heavy atom. The molecule has 1 saturated heterocycles. The van der Waals surface area contributed by atoms with Gasteiger partial charge in [-0.3, -0.25) is 0 Å². The van der Waals surface area contributed by atoms with Gasteiger partial charge in [-0.25, -0.2) is 9.59 Å². The Morgan fingerprint density at radius 1 is 1.27 bits per heavy atom. The number of carbonyl (C=O) groups excluding carboxylic acids is 1. The van der Waals surface area contributed by atoms with E-state index in [1.54, 1.807) is 11.8 Å². The van der Waals surface area contributed by atoms with E-state index >= 15 is 0 Å². The molecule has 1 N–H and O–H groups in total. The number of nitrogens with zero attached hydrogens (tertiary/aromatic N) is 2. The Bertz CT molecular complexity index is 265. The number of urea groups is 1. The van der Waals surface area contributed by atoms with Gasteiger partial charge in [0.1, 0.15) is 6.04 Å². The van der Waals surface area contributed by atoms with Crippen LogP contribution in [-0.4, -0.2) is 52.1 Å². The van der Waals surface area contributed by atoms with Crippen molar-refractivity contribution in [3.8, 4) is 0 Å². The number of hydrogen-bond donors (Lipinski definition) is 1. The van der Waals surface area contributed by atoms with Crippen LogP contribution >= 0.6 is 0 Å². The fourth-order valence-electron chi connectivity index (χ4n) is 1.74. The SMILES string of the molecule is CC(C)N1CCCN(C(C)C(=O)O)C1=O. The predicted octanol–water partition coefficient (Wildman–Crippen LogP) is 0.996. The number of carboxylic acids is 1. The fraction of sp³-hybridized carbons (Fsp3) is 0.800. The minimum Gasteiger partial charge on any atom is -0.480 e. The summed E-state index contributed by atoms with van der Waals surface area (Å²) in [5.74, 6) is -0.950. The fourth-order valence-corrected chi connectivity index (χ4v) is 1.74. The van der Waals surface area contributed by atoms with Crippen LogP contribution in [0.3, 0.4) is 0 Å². The van der Waals surface area contributed by atoms with Crippen LogP contribution in [0.1, 0.15) is 27.2 Å². The summed E-state index contributed by atoms with van der Waals surface area (Å²) in [4.78, 5) is 25.8. The molecule has 1 fully saturated rings. The topological polar surface area (TPSA) is 60.9 Å². The molecular weight excluding hydrogens is 196 g/mol. The lowest BCUT2D eigenvalue weighted by Crippen LogP contribution is -2.56. The smallest absolute Gasteiger partial charge is 0.326 e. The van der Waals surface area contributed by atoms with Gasteiger partial charge in [0, 0.05) is 19.1 Å². The van der Waals surface area contributed by atoms with E-state index in [2.05, 4.69) is 0 Å². The summed E-state index contributed by atoms with van der Waals surface area (Å²) in [7, 11) is 0. The van der Waals surface area contributed by atoms with Crippen LogP contribution in [0, 0.1) is 0 Å². The first kappa shape index (κ1) is 11.8. The van der Waals surface area contributed by atoms with Gasteiger partial charge in [0.25, 0.3) is 0 Å². The molecule has 86 valence electrons. The first-order valence-corrected chi connectivity index (χ1v) is 5.25. The van der Waals surface area contributed by atoms with Crippen molar-refractivity contribution in [3.63, 3.8) is 0 Å². The van der Waals surface area contributed by atoms with Crippen LogP contribution in [0.5, 0.6) is 0 Å². The first-order valence-electron chi connectivity index (χ1n) is 5.25. The second-order valence-electron chi connectivity index (χ2n) is 4.13. The molecule has 1 atom stereocenters. The summed E-state index contributed by atoms with van der Waals surface area (Å²) in [5.41, 5.74) is 0. The third-order valence-corrected chi connectivity index (χ3v) is 2.74. The Morgan fingerprint density at radius 2 is 1.80 bits per heavy atom. The molecule has 0 bridgehead atoms. The molecule has 1 heterocycles. The summed E-state index contributed by atoms with van der Waals surface area (Å²) in [6, 6.07) is -0.772. The highest BCUT2D eigenvalue weighted by Crippen LogP contribution is 2.15. The zero-order valence-corrected chi connectivity index (χ0v) is 9.43. The first-order chi connectivity index (χ1) is 6.95. The second kappa shape index (κ2) is 4.51. The van der Waals surface area contributed by atoms with Crippen molar-refractivity contribution < 1.29 is 14.7 Å². The lowest BCUT2D eigenvalue weighted by Gasteiger charge is -2.39. The number of amides is 2. The minimum atomic E-state index is -0.950. The average molecular weight is 214 g/mol. The van der Waals surface area contributed by atoms with Crippen molar-refractivity contribution in [3.05, 3.63) is 0 Å². The lowest BCUT2D eigenvalue weighted by molar-refractivity contribution is -0.142. The van der Waals surface area contributed by atoms with E-state index in [1.807, 2.05) is 13.8 Å². The van der Waals surface area contributed by atoms with Gasteiger partial charge in [-0.2, -0.15) is 0 Å². The summed E-state index contributed by atoms with van der Waals surface area (Å²) in [6.45, 7) is 6.68. The molecule has 0 saturated carbocycles. The summed E-state index contributed by atoms with van der Waals surface area (Å²) < 4.78 is 0. The van der Waals surface area contributed by atoms with Crippen molar-refractivity contribution >= 4 is 12.0 Å². The van der Waals surface area contributed by atoms with Gasteiger partial charge in [-0.15, -0.1) is 0 Å². The van der Waals surface area contributed by atoms with Crippen molar-refractivity contribution in [2.24, 2.45) is 0 Å². The molecule has 0 aromatic carbocycles. The quantitative estimate of drug-likeness (QED) is 0.762. The molecule has 0 aromatic heterocycles. The number of carbonyl (C=O) groups is 2. The largest absolute Gasteiger partial charge is 0.480 e. The maximum Gasteiger partial charge on any atom is 0.326 e. The Balaban J connectivity index is 2.75. The van der Waals surface area contributed by atoms with E-state index in [1.165, 1.54) is 4.90 Å². The Labute approximate surface area is 89.7 Å². The number of hydrogen-bond acceptors (Lipinski definition) is 2. The number of carboxylic acid groups (broad SMARTS) is 1. The van der Waals surface area contributed by atoms with Crippen molar-refractivity contribution in [1.29, 1.82) is 0 Å². The second-order valence-corrected chi connectivity index (χ2v) is 4.13. The van der Waals surface area contributed by atoms with Gasteiger partial charge in [0.15, 0.2) is 0 Å². The molecule has 0 aromatic rings. The van der Waals surface area contributed by atoms with Crippen LogP contribution < -0.4 is 0 Å². The van der Waals surface area contributed by atoms with E-state index in [0.717, 1.165) is 13.0 Å². The molecule has 0 radical (unpaired) electrons. The van der Waals surface area contributed by atoms with Crippen LogP contribution in [0.4, 0.5) is 4.79 Å². The molecule has 1 rings (SSSR count). The molecule has 5 heteroatoms. The molecule has 0 spiro atoms. The van der Waals surface area contributed by atoms with E-state index in [9.17, 15) is 9.59 Å². The highest BCUT2D eigenvalue weighted by molar-refractivity contribution is 5.83. The van der Waals surface area contributed by atoms with Crippen LogP contribution in [0.25, 0.3) is 0 Å². The number of rotatable bonds is 3. The van der Waals surface area contributed by atoms with Crippen LogP contribution in [-0.2, 0) is 4.79 Å². The zero-order chi connectivity index (χ0) is 11.6. The Hall–Kier alpha value is -1.26. The molecule has 2 amide bonds. The van der Waals surface area contributed by atoms with E-state index in [0.29, 0.717) is 6.54 Å². The normalized spacial score (nSPS) is 19.6. The van der Waals surface area contributed by atoms with E-state index in [-0.39, 0.29) is 12.1 Å². The summed E-state index contributed by atoms with van der Waals surface area (Å²) in [5, 5.41) is 8.86. The van der Waals surface area contributed by atoms with Gasteiger partial charge < -0.3 is 14.9 Å². The molecule has 15 heavy (non-hydrogen) atoms. The highest BCUT2D eigenvalue weighted by atomic mass is 16.4. The van der Waals surface area contributed by atoms with Gasteiger partial charge in [0.05, 0.1) is 0 Å². The predicted molar refractivity (Wildman–Crippen MR) is 55.7 cm³/mol. The molecule has 0 aliphatic carbocycles. The zero-order valence-electron chi connectivity index (χ0n) is 9.43. The van der Waals surface area contributed by atoms with Crippen LogP contribution in [0.2, 0.25) is 0 Å². The minimum absolute atomic E-state index is 0.126. The Kier molecular flexibility index (Phi) is 3.55. The molecule has 5 nitrogen and oxygen atoms in total. The molecule has 1 unspecified atom stereocenters. The van der Waals surface area contributed by atoms with Crippen molar-refractivity contribution in [2.75, 3.05) is 13.1 Å². The number of aliphatic carboxylic acids is 1. The van der Waals surface area contributed by atoms with E-state index in [4.69, 9.17) is 5.11 Å². The standard InChI is InChI=1S/C10H18N2O3/c1-7(2)11-5-4-6-12(10(11)15)8(3)9(13)14/h7-8H,4-6H2,1-3H3,(H,13,14). The van der Waals surface area contributed by atoms with Gasteiger partial charge in [0.2, 0.25) is 0 Å².